The molecule has 3 atom stereocenters. The molecule has 5 N–H and O–H groups in total. The molecule has 0 bridgehead atoms. The maximum absolute atomic E-state index is 10.4. The molecule has 0 saturated carbocycles. The average Bonchev–Trinajstić information content (AvgIpc) is 2.14. The van der Waals surface area contributed by atoms with Crippen LogP contribution in [-0.2, 0) is 4.79 Å². The molecule has 1 heterocycles. The van der Waals surface area contributed by atoms with Crippen molar-refractivity contribution in [1.29, 1.82) is 0 Å². The number of aliphatic hydroxyl groups is 2. The van der Waals surface area contributed by atoms with Gasteiger partial charge < -0.3 is 21.3 Å². The lowest BCUT2D eigenvalue weighted by atomic mass is 10.1. The van der Waals surface area contributed by atoms with Crippen molar-refractivity contribution in [2.24, 2.45) is 5.73 Å². The van der Waals surface area contributed by atoms with Crippen LogP contribution >= 0.6 is 0 Å². The van der Waals surface area contributed by atoms with E-state index in [1.54, 1.807) is 0 Å². The highest BCUT2D eigenvalue weighted by atomic mass is 16.3. The Labute approximate surface area is 57.8 Å². The lowest BCUT2D eigenvalue weighted by Crippen LogP contribution is -2.44. The minimum atomic E-state index is -1.06. The van der Waals surface area contributed by atoms with Crippen molar-refractivity contribution in [3.8, 4) is 0 Å². The lowest BCUT2D eigenvalue weighted by Gasteiger charge is -2.10. The molecule has 0 aliphatic carbocycles. The van der Waals surface area contributed by atoms with E-state index >= 15 is 0 Å². The Morgan fingerprint density at radius 2 is 2.20 bits per heavy atom. The highest BCUT2D eigenvalue weighted by Crippen LogP contribution is 2.06. The van der Waals surface area contributed by atoms with Crippen molar-refractivity contribution in [2.45, 2.75) is 18.2 Å². The first kappa shape index (κ1) is 7.46. The quantitative estimate of drug-likeness (QED) is 0.320. The Kier molecular flexibility index (Phi) is 1.89. The van der Waals surface area contributed by atoms with E-state index < -0.39 is 24.2 Å². The second kappa shape index (κ2) is 2.53. The van der Waals surface area contributed by atoms with Crippen LogP contribution in [0.5, 0.6) is 0 Å². The molecule has 1 aliphatic rings. The van der Waals surface area contributed by atoms with Gasteiger partial charge in [0, 0.05) is 6.54 Å². The minimum Gasteiger partial charge on any atom is -0.389 e. The SMILES string of the molecule is NC(=O)[C@@H]1NC[C@H](O)[C@H]1O. The summed E-state index contributed by atoms with van der Waals surface area (Å²) < 4.78 is 0. The molecule has 0 aromatic heterocycles. The van der Waals surface area contributed by atoms with Crippen molar-refractivity contribution in [3.05, 3.63) is 0 Å². The zero-order valence-electron chi connectivity index (χ0n) is 5.32. The topological polar surface area (TPSA) is 95.6 Å². The molecule has 0 spiro atoms. The molecule has 5 nitrogen and oxygen atoms in total. The van der Waals surface area contributed by atoms with E-state index in [2.05, 4.69) is 5.32 Å². The molecule has 1 fully saturated rings. The normalized spacial score (nSPS) is 40.0. The summed E-state index contributed by atoms with van der Waals surface area (Å²) in [6, 6.07) is -0.796. The first-order valence-electron chi connectivity index (χ1n) is 3.02. The Morgan fingerprint density at radius 3 is 2.40 bits per heavy atom. The van der Waals surface area contributed by atoms with Gasteiger partial charge in [0.1, 0.15) is 12.1 Å². The third-order valence-electron chi connectivity index (χ3n) is 1.59. The fourth-order valence-electron chi connectivity index (χ4n) is 0.980. The van der Waals surface area contributed by atoms with Crippen LogP contribution in [0.2, 0.25) is 0 Å². The maximum atomic E-state index is 10.4. The molecular formula is C5H10N2O3. The molecule has 1 amide bonds. The number of hydrogen-bond acceptors (Lipinski definition) is 4. The van der Waals surface area contributed by atoms with E-state index in [0.717, 1.165) is 0 Å². The number of aliphatic hydroxyl groups excluding tert-OH is 2. The molecule has 0 unspecified atom stereocenters. The maximum Gasteiger partial charge on any atom is 0.237 e. The molecule has 0 aromatic rings. The van der Waals surface area contributed by atoms with E-state index in [1.165, 1.54) is 0 Å². The van der Waals surface area contributed by atoms with Gasteiger partial charge in [0.05, 0.1) is 6.10 Å². The summed E-state index contributed by atoms with van der Waals surface area (Å²) in [6.07, 6.45) is -1.94. The Bertz CT molecular complexity index is 150. The molecule has 5 heteroatoms. The summed E-state index contributed by atoms with van der Waals surface area (Å²) >= 11 is 0. The standard InChI is InChI=1S/C5H10N2O3/c6-5(10)3-4(9)2(8)1-7-3/h2-4,7-9H,1H2,(H2,6,10)/t2-,3+,4+/m0/s1. The van der Waals surface area contributed by atoms with Crippen molar-refractivity contribution in [3.63, 3.8) is 0 Å². The average molecular weight is 146 g/mol. The Hall–Kier alpha value is -0.650. The predicted molar refractivity (Wildman–Crippen MR) is 33.0 cm³/mol. The summed E-state index contributed by atoms with van der Waals surface area (Å²) in [5, 5.41) is 20.5. The van der Waals surface area contributed by atoms with Gasteiger partial charge in [0.2, 0.25) is 5.91 Å². The molecule has 0 radical (unpaired) electrons. The summed E-state index contributed by atoms with van der Waals surface area (Å²) in [4.78, 5) is 10.4. The largest absolute Gasteiger partial charge is 0.389 e. The lowest BCUT2D eigenvalue weighted by molar-refractivity contribution is -0.122. The number of nitrogens with one attached hydrogen (secondary N) is 1. The first-order chi connectivity index (χ1) is 4.63. The van der Waals surface area contributed by atoms with Crippen LogP contribution in [0, 0.1) is 0 Å². The van der Waals surface area contributed by atoms with Crippen LogP contribution < -0.4 is 11.1 Å². The third-order valence-corrected chi connectivity index (χ3v) is 1.59. The second-order valence-electron chi connectivity index (χ2n) is 2.35. The van der Waals surface area contributed by atoms with E-state index in [0.29, 0.717) is 0 Å². The fraction of sp³-hybridized carbons (Fsp3) is 0.800. The fourth-order valence-corrected chi connectivity index (χ4v) is 0.980. The Morgan fingerprint density at radius 1 is 1.60 bits per heavy atom. The van der Waals surface area contributed by atoms with E-state index in [-0.39, 0.29) is 6.54 Å². The molecule has 1 saturated heterocycles. The van der Waals surface area contributed by atoms with Crippen molar-refractivity contribution < 1.29 is 15.0 Å². The van der Waals surface area contributed by atoms with Crippen LogP contribution in [0.4, 0.5) is 0 Å². The van der Waals surface area contributed by atoms with Gasteiger partial charge in [-0.25, -0.2) is 0 Å². The molecule has 58 valence electrons. The number of hydrogen-bond donors (Lipinski definition) is 4. The van der Waals surface area contributed by atoms with Gasteiger partial charge in [0.15, 0.2) is 0 Å². The molecule has 0 aromatic carbocycles. The smallest absolute Gasteiger partial charge is 0.237 e. The summed E-state index contributed by atoms with van der Waals surface area (Å²) in [6.45, 7) is 0.217. The van der Waals surface area contributed by atoms with Crippen LogP contribution in [0.3, 0.4) is 0 Å². The van der Waals surface area contributed by atoms with Gasteiger partial charge in [-0.05, 0) is 0 Å². The highest BCUT2D eigenvalue weighted by molar-refractivity contribution is 5.81. The van der Waals surface area contributed by atoms with E-state index in [9.17, 15) is 4.79 Å². The summed E-state index contributed by atoms with van der Waals surface area (Å²) in [5.41, 5.74) is 4.88. The van der Waals surface area contributed by atoms with Gasteiger partial charge in [-0.15, -0.1) is 0 Å². The summed E-state index contributed by atoms with van der Waals surface area (Å²) in [5.74, 6) is -0.635. The predicted octanol–water partition coefficient (Wildman–Crippen LogP) is -2.83. The number of primary amides is 1. The first-order valence-corrected chi connectivity index (χ1v) is 3.02. The second-order valence-corrected chi connectivity index (χ2v) is 2.35. The monoisotopic (exact) mass is 146 g/mol. The molecule has 1 rings (SSSR count). The number of carbonyl (C=O) groups excluding carboxylic acids is 1. The number of nitrogens with two attached hydrogens (primary N) is 1. The van der Waals surface area contributed by atoms with Crippen LogP contribution in [0.15, 0.2) is 0 Å². The van der Waals surface area contributed by atoms with Gasteiger partial charge in [-0.3, -0.25) is 4.79 Å². The molecular weight excluding hydrogens is 136 g/mol. The molecule has 1 aliphatic heterocycles. The van der Waals surface area contributed by atoms with Crippen LogP contribution in [0.25, 0.3) is 0 Å². The zero-order chi connectivity index (χ0) is 7.72. The highest BCUT2D eigenvalue weighted by Gasteiger charge is 2.36. The van der Waals surface area contributed by atoms with Gasteiger partial charge >= 0.3 is 0 Å². The molecule has 10 heavy (non-hydrogen) atoms. The third kappa shape index (κ3) is 1.11. The minimum absolute atomic E-state index is 0.217. The van der Waals surface area contributed by atoms with Crippen molar-refractivity contribution in [2.75, 3.05) is 6.54 Å². The van der Waals surface area contributed by atoms with Crippen LogP contribution in [-0.4, -0.2) is 40.9 Å². The number of β-amino-alcohol motifs (C(OH)–C–C–N with tert-alkyl or cyclic N) is 1. The van der Waals surface area contributed by atoms with E-state index in [1.807, 2.05) is 0 Å². The van der Waals surface area contributed by atoms with Gasteiger partial charge in [0.25, 0.3) is 0 Å². The van der Waals surface area contributed by atoms with Crippen molar-refractivity contribution >= 4 is 5.91 Å². The van der Waals surface area contributed by atoms with E-state index in [4.69, 9.17) is 15.9 Å². The zero-order valence-corrected chi connectivity index (χ0v) is 5.32. The number of amides is 1. The Balaban J connectivity index is 2.57. The van der Waals surface area contributed by atoms with Gasteiger partial charge in [-0.1, -0.05) is 0 Å². The van der Waals surface area contributed by atoms with Crippen molar-refractivity contribution in [1.82, 2.24) is 5.32 Å². The number of rotatable bonds is 1. The van der Waals surface area contributed by atoms with Crippen LogP contribution in [0.1, 0.15) is 0 Å². The summed E-state index contributed by atoms with van der Waals surface area (Å²) in [7, 11) is 0. The number of carbonyl (C=O) groups is 1. The van der Waals surface area contributed by atoms with Gasteiger partial charge in [-0.2, -0.15) is 0 Å².